The van der Waals surface area contributed by atoms with E-state index < -0.39 is 5.91 Å². The molecule has 2 rings (SSSR count). The Morgan fingerprint density at radius 2 is 2.50 bits per heavy atom. The lowest BCUT2D eigenvalue weighted by Crippen LogP contribution is -2.18. The van der Waals surface area contributed by atoms with Gasteiger partial charge < -0.3 is 20.5 Å². The van der Waals surface area contributed by atoms with Crippen molar-refractivity contribution >= 4 is 23.3 Å². The van der Waals surface area contributed by atoms with Crippen LogP contribution in [-0.4, -0.2) is 43.4 Å². The summed E-state index contributed by atoms with van der Waals surface area (Å²) in [6.45, 7) is 2.56. The summed E-state index contributed by atoms with van der Waals surface area (Å²) in [5.74, 6) is -0.0387. The smallest absolute Gasteiger partial charge is 0.250 e. The molecule has 3 N–H and O–H groups in total. The molecule has 1 aliphatic heterocycles. The number of nitrogens with two attached hydrogens (primary N) is 1. The van der Waals surface area contributed by atoms with Crippen molar-refractivity contribution in [3.8, 4) is 0 Å². The van der Waals surface area contributed by atoms with Gasteiger partial charge in [0.2, 0.25) is 5.91 Å². The highest BCUT2D eigenvalue weighted by molar-refractivity contribution is 6.33. The van der Waals surface area contributed by atoms with Gasteiger partial charge in [0.15, 0.2) is 0 Å². The normalized spacial score (nSPS) is 18.1. The summed E-state index contributed by atoms with van der Waals surface area (Å²) in [6, 6.07) is 1.49. The molecule has 0 radical (unpaired) electrons. The molecule has 0 saturated carbocycles. The number of halogens is 1. The number of nitrogens with zero attached hydrogens (tertiary/aromatic N) is 1. The fourth-order valence-electron chi connectivity index (χ4n) is 1.93. The van der Waals surface area contributed by atoms with Gasteiger partial charge in [-0.05, 0) is 18.9 Å². The predicted molar refractivity (Wildman–Crippen MR) is 76.0 cm³/mol. The lowest BCUT2D eigenvalue weighted by Gasteiger charge is -2.11. The van der Waals surface area contributed by atoms with Gasteiger partial charge in [0.05, 0.1) is 29.9 Å². The lowest BCUT2D eigenvalue weighted by atomic mass is 10.2. The van der Waals surface area contributed by atoms with Gasteiger partial charge in [-0.25, -0.2) is 4.98 Å². The Bertz CT molecular complexity index is 464. The van der Waals surface area contributed by atoms with E-state index in [4.69, 9.17) is 26.8 Å². The van der Waals surface area contributed by atoms with Crippen LogP contribution in [0.2, 0.25) is 5.02 Å². The van der Waals surface area contributed by atoms with Crippen LogP contribution in [-0.2, 0) is 9.47 Å². The van der Waals surface area contributed by atoms with Crippen molar-refractivity contribution in [1.29, 1.82) is 0 Å². The number of ether oxygens (including phenoxy) is 2. The maximum Gasteiger partial charge on any atom is 0.250 e. The topological polar surface area (TPSA) is 86.5 Å². The van der Waals surface area contributed by atoms with Crippen LogP contribution < -0.4 is 11.1 Å². The number of amides is 1. The summed E-state index contributed by atoms with van der Waals surface area (Å²) in [4.78, 5) is 15.0. The number of pyridine rings is 1. The van der Waals surface area contributed by atoms with Crippen LogP contribution in [0.3, 0.4) is 0 Å². The fourth-order valence-corrected chi connectivity index (χ4v) is 2.17. The minimum Gasteiger partial charge on any atom is -0.377 e. The van der Waals surface area contributed by atoms with Gasteiger partial charge in [-0.15, -0.1) is 0 Å². The molecule has 1 unspecified atom stereocenters. The quantitative estimate of drug-likeness (QED) is 0.744. The summed E-state index contributed by atoms with van der Waals surface area (Å²) < 4.78 is 11.0. The molecule has 2 heterocycles. The van der Waals surface area contributed by atoms with Crippen molar-refractivity contribution in [3.05, 3.63) is 22.8 Å². The Balaban J connectivity index is 1.69. The van der Waals surface area contributed by atoms with Crippen molar-refractivity contribution in [3.63, 3.8) is 0 Å². The molecule has 7 heteroatoms. The van der Waals surface area contributed by atoms with E-state index in [-0.39, 0.29) is 11.7 Å². The highest BCUT2D eigenvalue weighted by atomic mass is 35.5. The maximum atomic E-state index is 11.0. The first kappa shape index (κ1) is 15.0. The van der Waals surface area contributed by atoms with E-state index in [2.05, 4.69) is 10.3 Å². The van der Waals surface area contributed by atoms with Crippen LogP contribution in [0.5, 0.6) is 0 Å². The highest BCUT2D eigenvalue weighted by Gasteiger charge is 2.15. The van der Waals surface area contributed by atoms with Crippen LogP contribution in [0.25, 0.3) is 0 Å². The predicted octanol–water partition coefficient (Wildman–Crippen LogP) is 1.44. The molecule has 0 aromatic carbocycles. The van der Waals surface area contributed by atoms with Crippen molar-refractivity contribution in [2.75, 3.05) is 31.7 Å². The fraction of sp³-hybridized carbons (Fsp3) is 0.538. The first-order valence-corrected chi connectivity index (χ1v) is 6.93. The van der Waals surface area contributed by atoms with Crippen LogP contribution >= 0.6 is 11.6 Å². The Kier molecular flexibility index (Phi) is 5.58. The largest absolute Gasteiger partial charge is 0.377 e. The zero-order valence-corrected chi connectivity index (χ0v) is 11.9. The minimum absolute atomic E-state index is 0.228. The SMILES string of the molecule is NC(=O)c1cnc(NCCOCC2CCCO2)c(Cl)c1. The summed E-state index contributed by atoms with van der Waals surface area (Å²) in [7, 11) is 0. The second kappa shape index (κ2) is 7.42. The van der Waals surface area contributed by atoms with Gasteiger partial charge in [0.25, 0.3) is 0 Å². The van der Waals surface area contributed by atoms with Crippen molar-refractivity contribution in [2.45, 2.75) is 18.9 Å². The third kappa shape index (κ3) is 4.33. The van der Waals surface area contributed by atoms with E-state index >= 15 is 0 Å². The third-order valence-electron chi connectivity index (χ3n) is 2.99. The molecule has 1 atom stereocenters. The molecular formula is C13H18ClN3O3. The number of hydrogen-bond acceptors (Lipinski definition) is 5. The molecule has 110 valence electrons. The van der Waals surface area contributed by atoms with E-state index in [0.29, 0.717) is 30.6 Å². The average molecular weight is 300 g/mol. The minimum atomic E-state index is -0.550. The van der Waals surface area contributed by atoms with E-state index in [0.717, 1.165) is 19.4 Å². The molecule has 1 fully saturated rings. The molecule has 0 bridgehead atoms. The van der Waals surface area contributed by atoms with Crippen LogP contribution in [0.1, 0.15) is 23.2 Å². The number of carbonyl (C=O) groups is 1. The van der Waals surface area contributed by atoms with Gasteiger partial charge in [0, 0.05) is 19.3 Å². The van der Waals surface area contributed by atoms with E-state index in [1.165, 1.54) is 12.3 Å². The van der Waals surface area contributed by atoms with Gasteiger partial charge in [0.1, 0.15) is 5.82 Å². The number of aromatic nitrogens is 1. The molecule has 6 nitrogen and oxygen atoms in total. The summed E-state index contributed by atoms with van der Waals surface area (Å²) >= 11 is 6.00. The molecule has 20 heavy (non-hydrogen) atoms. The Morgan fingerprint density at radius 1 is 1.65 bits per heavy atom. The molecule has 0 aliphatic carbocycles. The molecule has 1 amide bonds. The molecule has 1 saturated heterocycles. The van der Waals surface area contributed by atoms with Crippen molar-refractivity contribution in [1.82, 2.24) is 4.98 Å². The van der Waals surface area contributed by atoms with E-state index in [9.17, 15) is 4.79 Å². The first-order chi connectivity index (χ1) is 9.66. The average Bonchev–Trinajstić information content (AvgIpc) is 2.93. The summed E-state index contributed by atoms with van der Waals surface area (Å²) in [6.07, 6.45) is 3.79. The number of hydrogen-bond donors (Lipinski definition) is 2. The first-order valence-electron chi connectivity index (χ1n) is 6.55. The second-order valence-electron chi connectivity index (χ2n) is 4.56. The number of primary amides is 1. The zero-order valence-electron chi connectivity index (χ0n) is 11.1. The molecular weight excluding hydrogens is 282 g/mol. The lowest BCUT2D eigenvalue weighted by molar-refractivity contribution is 0.0206. The number of anilines is 1. The second-order valence-corrected chi connectivity index (χ2v) is 4.96. The monoisotopic (exact) mass is 299 g/mol. The van der Waals surface area contributed by atoms with Crippen molar-refractivity contribution in [2.24, 2.45) is 5.73 Å². The van der Waals surface area contributed by atoms with Gasteiger partial charge in [-0.3, -0.25) is 4.79 Å². The summed E-state index contributed by atoms with van der Waals surface area (Å²) in [5.41, 5.74) is 5.43. The van der Waals surface area contributed by atoms with Gasteiger partial charge in [-0.2, -0.15) is 0 Å². The van der Waals surface area contributed by atoms with Gasteiger partial charge >= 0.3 is 0 Å². The highest BCUT2D eigenvalue weighted by Crippen LogP contribution is 2.19. The Morgan fingerprint density at radius 3 is 3.15 bits per heavy atom. The molecule has 0 spiro atoms. The zero-order chi connectivity index (χ0) is 14.4. The number of rotatable bonds is 7. The standard InChI is InChI=1S/C13H18ClN3O3/c14-11-6-9(12(15)18)7-17-13(11)16-3-5-19-8-10-2-1-4-20-10/h6-7,10H,1-5,8H2,(H2,15,18)(H,16,17). The van der Waals surface area contributed by atoms with E-state index in [1.54, 1.807) is 0 Å². The molecule has 1 aliphatic rings. The van der Waals surface area contributed by atoms with E-state index in [1.807, 2.05) is 0 Å². The molecule has 1 aromatic rings. The summed E-state index contributed by atoms with van der Waals surface area (Å²) in [5, 5.41) is 3.40. The Labute approximate surface area is 122 Å². The van der Waals surface area contributed by atoms with Crippen LogP contribution in [0.15, 0.2) is 12.3 Å². The van der Waals surface area contributed by atoms with Gasteiger partial charge in [-0.1, -0.05) is 11.6 Å². The third-order valence-corrected chi connectivity index (χ3v) is 3.28. The molecule has 1 aromatic heterocycles. The Hall–Kier alpha value is -1.37. The number of carbonyl (C=O) groups excluding carboxylic acids is 1. The van der Waals surface area contributed by atoms with Crippen molar-refractivity contribution < 1.29 is 14.3 Å². The van der Waals surface area contributed by atoms with Crippen LogP contribution in [0, 0.1) is 0 Å². The maximum absolute atomic E-state index is 11.0. The van der Waals surface area contributed by atoms with Crippen LogP contribution in [0.4, 0.5) is 5.82 Å². The number of nitrogens with one attached hydrogen (secondary N) is 1.